The highest BCUT2D eigenvalue weighted by atomic mass is 32.2. The molecule has 1 N–H and O–H groups in total. The van der Waals surface area contributed by atoms with Gasteiger partial charge in [-0.15, -0.1) is 0 Å². The molecule has 2 saturated heterocycles. The fourth-order valence-electron chi connectivity index (χ4n) is 3.99. The van der Waals surface area contributed by atoms with Crippen molar-refractivity contribution in [2.75, 3.05) is 39.3 Å². The Labute approximate surface area is 167 Å². The Morgan fingerprint density at radius 3 is 2.43 bits per heavy atom. The number of carbonyl (C=O) groups is 1. The number of rotatable bonds is 7. The van der Waals surface area contributed by atoms with Crippen LogP contribution in [-0.4, -0.2) is 62.8 Å². The average Bonchev–Trinajstić information content (AvgIpc) is 2.72. The zero-order valence-electron chi connectivity index (χ0n) is 16.3. The zero-order valence-corrected chi connectivity index (χ0v) is 17.1. The summed E-state index contributed by atoms with van der Waals surface area (Å²) in [6.45, 7) is 4.46. The maximum Gasteiger partial charge on any atom is 0.245 e. The van der Waals surface area contributed by atoms with Crippen molar-refractivity contribution in [2.45, 2.75) is 43.4 Å². The minimum Gasteiger partial charge on any atom is -0.356 e. The van der Waals surface area contributed by atoms with E-state index >= 15 is 0 Å². The van der Waals surface area contributed by atoms with Crippen LogP contribution in [-0.2, 0) is 14.8 Å². The van der Waals surface area contributed by atoms with Gasteiger partial charge in [-0.3, -0.25) is 4.79 Å². The van der Waals surface area contributed by atoms with Gasteiger partial charge in [-0.1, -0.05) is 18.6 Å². The van der Waals surface area contributed by atoms with E-state index in [0.717, 1.165) is 32.1 Å². The number of carbonyl (C=O) groups excluding carboxylic acids is 1. The Morgan fingerprint density at radius 1 is 1.07 bits per heavy atom. The maximum absolute atomic E-state index is 13.9. The molecule has 1 aromatic carbocycles. The Morgan fingerprint density at radius 2 is 1.75 bits per heavy atom. The van der Waals surface area contributed by atoms with Gasteiger partial charge in [0.05, 0.1) is 0 Å². The number of hydrogen-bond acceptors (Lipinski definition) is 4. The SMILES string of the molecule is O=C(NCCCN1CCCCC1)C1CCN(S(=O)(=O)c2ccccc2F)CC1. The monoisotopic (exact) mass is 411 g/mol. The van der Waals surface area contributed by atoms with E-state index in [0.29, 0.717) is 19.4 Å². The van der Waals surface area contributed by atoms with Crippen molar-refractivity contribution < 1.29 is 17.6 Å². The van der Waals surface area contributed by atoms with E-state index < -0.39 is 15.8 Å². The van der Waals surface area contributed by atoms with Crippen molar-refractivity contribution in [1.29, 1.82) is 0 Å². The van der Waals surface area contributed by atoms with Crippen LogP contribution in [0.4, 0.5) is 4.39 Å². The van der Waals surface area contributed by atoms with Crippen LogP contribution in [0.5, 0.6) is 0 Å². The summed E-state index contributed by atoms with van der Waals surface area (Å²) in [4.78, 5) is 14.5. The third-order valence-corrected chi connectivity index (χ3v) is 7.61. The first-order valence-electron chi connectivity index (χ1n) is 10.2. The Kier molecular flexibility index (Phi) is 7.42. The number of nitrogens with one attached hydrogen (secondary N) is 1. The number of likely N-dealkylation sites (tertiary alicyclic amines) is 1. The number of hydrogen-bond donors (Lipinski definition) is 1. The summed E-state index contributed by atoms with van der Waals surface area (Å²) in [5, 5.41) is 2.99. The summed E-state index contributed by atoms with van der Waals surface area (Å²) in [7, 11) is -3.85. The molecule has 3 rings (SSSR count). The van der Waals surface area contributed by atoms with Crippen molar-refractivity contribution in [3.63, 3.8) is 0 Å². The van der Waals surface area contributed by atoms with Gasteiger partial charge in [-0.25, -0.2) is 12.8 Å². The topological polar surface area (TPSA) is 69.7 Å². The predicted molar refractivity (Wildman–Crippen MR) is 106 cm³/mol. The van der Waals surface area contributed by atoms with Gasteiger partial charge in [0.15, 0.2) is 0 Å². The third-order valence-electron chi connectivity index (χ3n) is 5.68. The van der Waals surface area contributed by atoms with Crippen LogP contribution in [0, 0.1) is 11.7 Å². The van der Waals surface area contributed by atoms with Gasteiger partial charge in [-0.05, 0) is 63.9 Å². The molecule has 1 amide bonds. The predicted octanol–water partition coefficient (Wildman–Crippen LogP) is 2.22. The highest BCUT2D eigenvalue weighted by molar-refractivity contribution is 7.89. The summed E-state index contributed by atoms with van der Waals surface area (Å²) in [6, 6.07) is 5.42. The highest BCUT2D eigenvalue weighted by Crippen LogP contribution is 2.25. The van der Waals surface area contributed by atoms with E-state index in [4.69, 9.17) is 0 Å². The number of piperidine rings is 2. The van der Waals surface area contributed by atoms with E-state index in [2.05, 4.69) is 10.2 Å². The summed E-state index contributed by atoms with van der Waals surface area (Å²) >= 11 is 0. The van der Waals surface area contributed by atoms with Crippen LogP contribution in [0.15, 0.2) is 29.2 Å². The molecule has 28 heavy (non-hydrogen) atoms. The number of amides is 1. The fourth-order valence-corrected chi connectivity index (χ4v) is 5.53. The number of benzene rings is 1. The van der Waals surface area contributed by atoms with E-state index in [1.165, 1.54) is 41.8 Å². The van der Waals surface area contributed by atoms with Crippen molar-refractivity contribution in [3.05, 3.63) is 30.1 Å². The van der Waals surface area contributed by atoms with Gasteiger partial charge in [-0.2, -0.15) is 4.31 Å². The molecule has 0 radical (unpaired) electrons. The lowest BCUT2D eigenvalue weighted by molar-refractivity contribution is -0.126. The molecule has 1 aromatic rings. The minimum atomic E-state index is -3.85. The zero-order chi connectivity index (χ0) is 20.0. The molecule has 2 heterocycles. The number of nitrogens with zero attached hydrogens (tertiary/aromatic N) is 2. The van der Waals surface area contributed by atoms with Crippen LogP contribution >= 0.6 is 0 Å². The smallest absolute Gasteiger partial charge is 0.245 e. The molecular formula is C20H30FN3O3S. The lowest BCUT2D eigenvalue weighted by Gasteiger charge is -2.30. The first-order chi connectivity index (χ1) is 13.5. The van der Waals surface area contributed by atoms with Crippen LogP contribution in [0.1, 0.15) is 38.5 Å². The first kappa shape index (κ1) is 21.2. The van der Waals surface area contributed by atoms with Gasteiger partial charge in [0.1, 0.15) is 10.7 Å². The summed E-state index contributed by atoms with van der Waals surface area (Å²) in [6.07, 6.45) is 5.71. The Bertz CT molecular complexity index is 758. The maximum atomic E-state index is 13.9. The van der Waals surface area contributed by atoms with Gasteiger partial charge < -0.3 is 10.2 Å². The molecular weight excluding hydrogens is 381 g/mol. The third kappa shape index (κ3) is 5.30. The Hall–Kier alpha value is -1.51. The second-order valence-electron chi connectivity index (χ2n) is 7.66. The molecule has 6 nitrogen and oxygen atoms in total. The fraction of sp³-hybridized carbons (Fsp3) is 0.650. The molecule has 0 atom stereocenters. The Balaban J connectivity index is 1.42. The standard InChI is InChI=1S/C20H30FN3O3S/c21-18-7-2-3-8-19(18)28(26,27)24-15-9-17(10-16-24)20(25)22-11-6-14-23-12-4-1-5-13-23/h2-3,7-8,17H,1,4-6,9-16H2,(H,22,25). The van der Waals surface area contributed by atoms with Gasteiger partial charge in [0.2, 0.25) is 15.9 Å². The summed E-state index contributed by atoms with van der Waals surface area (Å²) < 4.78 is 40.4. The summed E-state index contributed by atoms with van der Waals surface area (Å²) in [5.74, 6) is -0.917. The first-order valence-corrected chi connectivity index (χ1v) is 11.7. The lowest BCUT2D eigenvalue weighted by atomic mass is 9.97. The molecule has 2 fully saturated rings. The molecule has 0 saturated carbocycles. The van der Waals surface area contributed by atoms with Crippen molar-refractivity contribution in [1.82, 2.24) is 14.5 Å². The van der Waals surface area contributed by atoms with Crippen LogP contribution < -0.4 is 5.32 Å². The average molecular weight is 412 g/mol. The van der Waals surface area contributed by atoms with Crippen molar-refractivity contribution in [3.8, 4) is 0 Å². The molecule has 8 heteroatoms. The van der Waals surface area contributed by atoms with Crippen LogP contribution in [0.3, 0.4) is 0 Å². The quantitative estimate of drug-likeness (QED) is 0.699. The van der Waals surface area contributed by atoms with Crippen molar-refractivity contribution in [2.24, 2.45) is 5.92 Å². The van der Waals surface area contributed by atoms with E-state index in [1.807, 2.05) is 0 Å². The van der Waals surface area contributed by atoms with Gasteiger partial charge in [0, 0.05) is 25.6 Å². The van der Waals surface area contributed by atoms with Crippen LogP contribution in [0.25, 0.3) is 0 Å². The second kappa shape index (κ2) is 9.80. The van der Waals surface area contributed by atoms with E-state index in [-0.39, 0.29) is 29.8 Å². The van der Waals surface area contributed by atoms with E-state index in [1.54, 1.807) is 0 Å². The molecule has 0 bridgehead atoms. The van der Waals surface area contributed by atoms with E-state index in [9.17, 15) is 17.6 Å². The molecule has 0 aromatic heterocycles. The lowest BCUT2D eigenvalue weighted by Crippen LogP contribution is -2.43. The van der Waals surface area contributed by atoms with Gasteiger partial charge in [0.25, 0.3) is 0 Å². The molecule has 0 aliphatic carbocycles. The minimum absolute atomic E-state index is 0.00147. The van der Waals surface area contributed by atoms with Crippen LogP contribution in [0.2, 0.25) is 0 Å². The largest absolute Gasteiger partial charge is 0.356 e. The second-order valence-corrected chi connectivity index (χ2v) is 9.56. The number of halogens is 1. The molecule has 156 valence electrons. The normalized spacial score (nSPS) is 20.2. The number of sulfonamides is 1. The summed E-state index contributed by atoms with van der Waals surface area (Å²) in [5.41, 5.74) is 0. The molecule has 0 unspecified atom stereocenters. The highest BCUT2D eigenvalue weighted by Gasteiger charge is 2.33. The van der Waals surface area contributed by atoms with Gasteiger partial charge >= 0.3 is 0 Å². The van der Waals surface area contributed by atoms with Crippen molar-refractivity contribution >= 4 is 15.9 Å². The molecule has 0 spiro atoms. The molecule has 2 aliphatic heterocycles. The molecule has 2 aliphatic rings.